The van der Waals surface area contributed by atoms with Crippen LogP contribution in [-0.2, 0) is 0 Å². The van der Waals surface area contributed by atoms with Gasteiger partial charge in [-0.25, -0.2) is 0 Å². The highest BCUT2D eigenvalue weighted by molar-refractivity contribution is 8.00. The normalized spacial score (nSPS) is 17.6. The molecule has 0 aromatic heterocycles. The molecule has 0 heterocycles. The molecule has 15 heavy (non-hydrogen) atoms. The lowest BCUT2D eigenvalue weighted by Gasteiger charge is -2.22. The molecule has 2 atom stereocenters. The zero-order valence-electron chi connectivity index (χ0n) is 8.02. The summed E-state index contributed by atoms with van der Waals surface area (Å²) in [6.07, 6.45) is -5.24. The smallest absolute Gasteiger partial charge is 0.328 e. The minimum Gasteiger partial charge on any atom is -0.328 e. The van der Waals surface area contributed by atoms with E-state index in [2.05, 4.69) is 0 Å². The van der Waals surface area contributed by atoms with E-state index < -0.39 is 28.6 Å². The molecule has 0 radical (unpaired) electrons. The first-order valence-electron chi connectivity index (χ1n) is 4.20. The van der Waals surface area contributed by atoms with Crippen LogP contribution in [0.15, 0.2) is 0 Å². The zero-order chi connectivity index (χ0) is 12.3. The van der Waals surface area contributed by atoms with Crippen LogP contribution >= 0.6 is 11.8 Å². The average Bonchev–Trinajstić information content (AvgIpc) is 1.97. The van der Waals surface area contributed by atoms with Crippen molar-refractivity contribution in [3.8, 4) is 0 Å². The summed E-state index contributed by atoms with van der Waals surface area (Å²) >= 11 is -0.585. The van der Waals surface area contributed by atoms with Crippen LogP contribution in [0.1, 0.15) is 19.8 Å². The number of thioether (sulfide) groups is 1. The molecule has 0 aliphatic heterocycles. The van der Waals surface area contributed by atoms with Gasteiger partial charge in [0.05, 0.1) is 5.37 Å². The first-order chi connectivity index (χ1) is 6.56. The van der Waals surface area contributed by atoms with Gasteiger partial charge in [0.2, 0.25) is 0 Å². The molecule has 0 fully saturated rings. The monoisotopic (exact) mass is 252 g/mol. The van der Waals surface area contributed by atoms with Crippen molar-refractivity contribution in [1.82, 2.24) is 0 Å². The number of halogens is 5. The van der Waals surface area contributed by atoms with Crippen LogP contribution in [0, 0.1) is 0 Å². The molecule has 2 nitrogen and oxygen atoms in total. The van der Waals surface area contributed by atoms with Crippen molar-refractivity contribution in [3.05, 3.63) is 0 Å². The van der Waals surface area contributed by atoms with E-state index in [1.54, 1.807) is 6.92 Å². The molecular formula is C7H13F5N2S. The molecule has 92 valence electrons. The van der Waals surface area contributed by atoms with E-state index in [-0.39, 0.29) is 12.5 Å². The minimum atomic E-state index is -5.57. The van der Waals surface area contributed by atoms with Gasteiger partial charge < -0.3 is 11.5 Å². The predicted molar refractivity (Wildman–Crippen MR) is 49.5 cm³/mol. The maximum absolute atomic E-state index is 12.4. The largest absolute Gasteiger partial charge is 0.464 e. The lowest BCUT2D eigenvalue weighted by Crippen LogP contribution is -2.37. The van der Waals surface area contributed by atoms with E-state index in [1.165, 1.54) is 0 Å². The van der Waals surface area contributed by atoms with E-state index in [0.29, 0.717) is 6.42 Å². The lowest BCUT2D eigenvalue weighted by atomic mass is 10.2. The second kappa shape index (κ2) is 5.31. The van der Waals surface area contributed by atoms with Gasteiger partial charge in [-0.1, -0.05) is 11.8 Å². The van der Waals surface area contributed by atoms with Crippen LogP contribution in [0.3, 0.4) is 0 Å². The van der Waals surface area contributed by atoms with Crippen molar-refractivity contribution in [1.29, 1.82) is 0 Å². The molecule has 0 rings (SSSR count). The number of rotatable bonds is 5. The van der Waals surface area contributed by atoms with Gasteiger partial charge in [-0.05, 0) is 19.8 Å². The summed E-state index contributed by atoms with van der Waals surface area (Å²) in [6.45, 7) is 1.62. The molecule has 0 aromatic rings. The highest BCUT2D eigenvalue weighted by Crippen LogP contribution is 2.45. The third-order valence-electron chi connectivity index (χ3n) is 1.54. The fourth-order valence-corrected chi connectivity index (χ4v) is 1.51. The van der Waals surface area contributed by atoms with E-state index in [9.17, 15) is 22.0 Å². The lowest BCUT2D eigenvalue weighted by molar-refractivity contribution is -0.237. The molecular weight excluding hydrogens is 239 g/mol. The third kappa shape index (κ3) is 5.53. The van der Waals surface area contributed by atoms with Crippen molar-refractivity contribution >= 4 is 11.8 Å². The van der Waals surface area contributed by atoms with Gasteiger partial charge in [0, 0.05) is 6.04 Å². The van der Waals surface area contributed by atoms with Gasteiger partial charge in [-0.2, -0.15) is 22.0 Å². The first kappa shape index (κ1) is 14.9. The highest BCUT2D eigenvalue weighted by Gasteiger charge is 2.58. The molecule has 0 amide bonds. The standard InChI is InChI=1S/C7H13F5N2S/c1-4(13)2-3-5(14)15-7(11,12)6(8,9)10/h4-5H,2-3,13-14H2,1H3. The SMILES string of the molecule is CC(N)CCC(N)SC(F)(F)C(F)(F)F. The fourth-order valence-electron chi connectivity index (χ4n) is 0.743. The fraction of sp³-hybridized carbons (Fsp3) is 1.00. The molecule has 0 saturated heterocycles. The van der Waals surface area contributed by atoms with Crippen LogP contribution in [0.5, 0.6) is 0 Å². The Morgan fingerprint density at radius 2 is 1.53 bits per heavy atom. The number of hydrogen-bond donors (Lipinski definition) is 2. The van der Waals surface area contributed by atoms with Gasteiger partial charge in [-0.3, -0.25) is 0 Å². The third-order valence-corrected chi connectivity index (χ3v) is 2.60. The Balaban J connectivity index is 4.11. The summed E-state index contributed by atoms with van der Waals surface area (Å²) in [5, 5.41) is -6.07. The number of alkyl halides is 5. The van der Waals surface area contributed by atoms with Gasteiger partial charge in [-0.15, -0.1) is 0 Å². The summed E-state index contributed by atoms with van der Waals surface area (Å²) in [5.74, 6) is 0. The maximum atomic E-state index is 12.4. The van der Waals surface area contributed by atoms with Crippen LogP contribution < -0.4 is 11.5 Å². The van der Waals surface area contributed by atoms with Crippen LogP contribution in [0.4, 0.5) is 22.0 Å². The highest BCUT2D eigenvalue weighted by atomic mass is 32.2. The van der Waals surface area contributed by atoms with Crippen molar-refractivity contribution in [2.45, 2.75) is 42.6 Å². The molecule has 4 N–H and O–H groups in total. The maximum Gasteiger partial charge on any atom is 0.464 e. The average molecular weight is 252 g/mol. The van der Waals surface area contributed by atoms with Crippen molar-refractivity contribution in [2.75, 3.05) is 0 Å². The van der Waals surface area contributed by atoms with E-state index >= 15 is 0 Å². The minimum absolute atomic E-state index is 0.0218. The zero-order valence-corrected chi connectivity index (χ0v) is 8.84. The summed E-state index contributed by atoms with van der Waals surface area (Å²) < 4.78 is 60.1. The quantitative estimate of drug-likeness (QED) is 0.583. The Morgan fingerprint density at radius 3 is 1.87 bits per heavy atom. The Bertz CT molecular complexity index is 194. The van der Waals surface area contributed by atoms with Gasteiger partial charge in [0.15, 0.2) is 0 Å². The Kier molecular flexibility index (Phi) is 5.28. The Morgan fingerprint density at radius 1 is 1.07 bits per heavy atom. The molecule has 0 bridgehead atoms. The van der Waals surface area contributed by atoms with Crippen LogP contribution in [0.25, 0.3) is 0 Å². The van der Waals surface area contributed by atoms with Gasteiger partial charge >= 0.3 is 11.4 Å². The van der Waals surface area contributed by atoms with E-state index in [0.717, 1.165) is 0 Å². The molecule has 0 saturated carbocycles. The molecule has 0 aliphatic rings. The van der Waals surface area contributed by atoms with E-state index in [1.807, 2.05) is 0 Å². The second-order valence-corrected chi connectivity index (χ2v) is 4.58. The predicted octanol–water partition coefficient (Wildman–Crippen LogP) is 2.29. The van der Waals surface area contributed by atoms with Crippen LogP contribution in [0.2, 0.25) is 0 Å². The summed E-state index contributed by atoms with van der Waals surface area (Å²) in [5.41, 5.74) is 10.4. The molecule has 0 spiro atoms. The second-order valence-electron chi connectivity index (χ2n) is 3.23. The van der Waals surface area contributed by atoms with Crippen molar-refractivity contribution in [2.24, 2.45) is 11.5 Å². The molecule has 0 aliphatic carbocycles. The summed E-state index contributed by atoms with van der Waals surface area (Å²) in [6, 6.07) is -0.267. The van der Waals surface area contributed by atoms with Gasteiger partial charge in [0.1, 0.15) is 0 Å². The first-order valence-corrected chi connectivity index (χ1v) is 5.07. The van der Waals surface area contributed by atoms with Gasteiger partial charge in [0.25, 0.3) is 0 Å². The molecule has 0 aromatic carbocycles. The number of hydrogen-bond acceptors (Lipinski definition) is 3. The number of nitrogens with two attached hydrogens (primary N) is 2. The van der Waals surface area contributed by atoms with Crippen molar-refractivity contribution < 1.29 is 22.0 Å². The van der Waals surface area contributed by atoms with E-state index in [4.69, 9.17) is 11.5 Å². The molecule has 8 heteroatoms. The Hall–Kier alpha value is -0.0800. The van der Waals surface area contributed by atoms with Crippen LogP contribution in [-0.4, -0.2) is 22.8 Å². The summed E-state index contributed by atoms with van der Waals surface area (Å²) in [7, 11) is 0. The summed E-state index contributed by atoms with van der Waals surface area (Å²) in [4.78, 5) is 0. The molecule has 2 unspecified atom stereocenters. The van der Waals surface area contributed by atoms with Crippen molar-refractivity contribution in [3.63, 3.8) is 0 Å². The Labute approximate surface area is 88.6 Å². The topological polar surface area (TPSA) is 52.0 Å².